The highest BCUT2D eigenvalue weighted by Gasteiger charge is 2.42. The molecule has 3 atom stereocenters. The van der Waals surface area contributed by atoms with Gasteiger partial charge in [-0.2, -0.15) is 11.8 Å². The number of rotatable bonds is 23. The van der Waals surface area contributed by atoms with Gasteiger partial charge in [0, 0.05) is 56.6 Å². The van der Waals surface area contributed by atoms with Crippen LogP contribution in [0.15, 0.2) is 0 Å². The molecule has 0 aromatic rings. The average molecular weight is 560 g/mol. The smallest absolute Gasteiger partial charge is 0.315 e. The first-order valence-electron chi connectivity index (χ1n) is 13.7. The predicted molar refractivity (Wildman–Crippen MR) is 145 cm³/mol. The Bertz CT molecular complexity index is 730. The number of carbonyl (C=O) groups is 4. The quantitative estimate of drug-likeness (QED) is 0.0886. The van der Waals surface area contributed by atoms with Gasteiger partial charge in [-0.3, -0.25) is 14.4 Å². The molecule has 13 heteroatoms. The number of hydrogen-bond donors (Lipinski definition) is 5. The minimum atomic E-state index is -0.392. The molecular weight excluding hydrogens is 514 g/mol. The minimum absolute atomic E-state index is 0.0596. The van der Waals surface area contributed by atoms with E-state index in [0.717, 1.165) is 31.4 Å². The molecular formula is C25H45N5O7S. The van der Waals surface area contributed by atoms with Crippen LogP contribution in [0, 0.1) is 0 Å². The summed E-state index contributed by atoms with van der Waals surface area (Å²) in [6, 6.07) is 0.419. The molecule has 0 saturated carbocycles. The number of fused-ring (bicyclic) bond motifs is 1. The summed E-state index contributed by atoms with van der Waals surface area (Å²) < 4.78 is 16.4. The van der Waals surface area contributed by atoms with Crippen LogP contribution in [0.3, 0.4) is 0 Å². The summed E-state index contributed by atoms with van der Waals surface area (Å²) in [6.45, 7) is 4.16. The third kappa shape index (κ3) is 14.7. The van der Waals surface area contributed by atoms with Gasteiger partial charge in [-0.25, -0.2) is 4.79 Å². The number of nitrogens with one attached hydrogen (secondary N) is 4. The zero-order valence-corrected chi connectivity index (χ0v) is 23.1. The van der Waals surface area contributed by atoms with Crippen molar-refractivity contribution in [3.8, 4) is 0 Å². The van der Waals surface area contributed by atoms with Crippen molar-refractivity contribution in [2.75, 3.05) is 58.5 Å². The van der Waals surface area contributed by atoms with Gasteiger partial charge >= 0.3 is 6.03 Å². The van der Waals surface area contributed by atoms with Gasteiger partial charge in [0.15, 0.2) is 0 Å². The molecule has 0 aliphatic carbocycles. The Balaban J connectivity index is 1.25. The molecule has 0 bridgehead atoms. The number of urea groups is 1. The summed E-state index contributed by atoms with van der Waals surface area (Å²) >= 11 is 1.90. The standard InChI is InChI=1S/C25H45N5O7S/c26-21(31)7-3-9-23(33)28-11-5-13-36-15-17-37-16-14-35-12-4-10-27-22(32)8-2-1-6-20-24-19(18-38-20)29-25(34)30-24/h19-20,24H,1-18H2,(H2,26,31)(H,27,32)(H,28,33)(H2,29,30,34)/t19-,20-,24-/m1/s1. The number of hydrogen-bond acceptors (Lipinski definition) is 8. The lowest BCUT2D eigenvalue weighted by Gasteiger charge is -2.16. The Labute approximate surface area is 229 Å². The molecule has 12 nitrogen and oxygen atoms in total. The van der Waals surface area contributed by atoms with E-state index in [1.807, 2.05) is 11.8 Å². The monoisotopic (exact) mass is 559 g/mol. The second kappa shape index (κ2) is 19.9. The molecule has 6 N–H and O–H groups in total. The van der Waals surface area contributed by atoms with Gasteiger partial charge in [-0.05, 0) is 32.1 Å². The first-order chi connectivity index (χ1) is 18.5. The van der Waals surface area contributed by atoms with Crippen LogP contribution in [0.25, 0.3) is 0 Å². The highest BCUT2D eigenvalue weighted by Crippen LogP contribution is 2.33. The normalized spacial score (nSPS) is 20.0. The highest BCUT2D eigenvalue weighted by molar-refractivity contribution is 8.00. The lowest BCUT2D eigenvalue weighted by Crippen LogP contribution is -2.36. The maximum atomic E-state index is 12.0. The van der Waals surface area contributed by atoms with Gasteiger partial charge in [-0.15, -0.1) is 0 Å². The summed E-state index contributed by atoms with van der Waals surface area (Å²) in [5, 5.41) is 12.1. The fourth-order valence-corrected chi connectivity index (χ4v) is 5.76. The average Bonchev–Trinajstić information content (AvgIpc) is 3.43. The van der Waals surface area contributed by atoms with Crippen LogP contribution in [0.2, 0.25) is 0 Å². The minimum Gasteiger partial charge on any atom is -0.379 e. The number of carbonyl (C=O) groups excluding carboxylic acids is 4. The Kier molecular flexibility index (Phi) is 16.8. The summed E-state index contributed by atoms with van der Waals surface area (Å²) in [7, 11) is 0. The molecule has 2 heterocycles. The lowest BCUT2D eigenvalue weighted by molar-refractivity contribution is -0.122. The van der Waals surface area contributed by atoms with Crippen molar-refractivity contribution in [2.45, 2.75) is 75.1 Å². The van der Waals surface area contributed by atoms with Crippen molar-refractivity contribution in [2.24, 2.45) is 5.73 Å². The van der Waals surface area contributed by atoms with Crippen molar-refractivity contribution in [3.63, 3.8) is 0 Å². The van der Waals surface area contributed by atoms with Gasteiger partial charge in [0.05, 0.1) is 38.5 Å². The number of thioether (sulfide) groups is 1. The number of primary amides is 1. The van der Waals surface area contributed by atoms with Crippen LogP contribution in [0.5, 0.6) is 0 Å². The first kappa shape index (κ1) is 32.1. The second-order valence-corrected chi connectivity index (χ2v) is 10.7. The van der Waals surface area contributed by atoms with E-state index in [4.69, 9.17) is 19.9 Å². The van der Waals surface area contributed by atoms with Crippen LogP contribution in [0.4, 0.5) is 4.79 Å². The van der Waals surface area contributed by atoms with E-state index in [1.54, 1.807) is 0 Å². The van der Waals surface area contributed by atoms with E-state index < -0.39 is 5.91 Å². The van der Waals surface area contributed by atoms with E-state index in [-0.39, 0.29) is 36.3 Å². The molecule has 38 heavy (non-hydrogen) atoms. The molecule has 2 rings (SSSR count). The number of ether oxygens (including phenoxy) is 3. The fraction of sp³-hybridized carbons (Fsp3) is 0.840. The summed E-state index contributed by atoms with van der Waals surface area (Å²) in [5.41, 5.74) is 5.03. The van der Waals surface area contributed by atoms with Crippen molar-refractivity contribution < 1.29 is 33.4 Å². The topological polar surface area (TPSA) is 170 Å². The maximum absolute atomic E-state index is 12.0. The van der Waals surface area contributed by atoms with E-state index in [1.165, 1.54) is 0 Å². The van der Waals surface area contributed by atoms with Gasteiger partial charge in [0.1, 0.15) is 0 Å². The van der Waals surface area contributed by atoms with E-state index in [2.05, 4.69) is 21.3 Å². The van der Waals surface area contributed by atoms with Crippen LogP contribution in [0.1, 0.15) is 57.8 Å². The Hall–Kier alpha value is -2.09. The molecule has 0 aromatic carbocycles. The summed E-state index contributed by atoms with van der Waals surface area (Å²) in [4.78, 5) is 45.6. The number of nitrogens with two attached hydrogens (primary N) is 1. The third-order valence-electron chi connectivity index (χ3n) is 6.23. The number of unbranched alkanes of at least 4 members (excludes halogenated alkanes) is 1. The fourth-order valence-electron chi connectivity index (χ4n) is 4.22. The van der Waals surface area contributed by atoms with Gasteiger partial charge < -0.3 is 41.2 Å². The molecule has 0 radical (unpaired) electrons. The van der Waals surface area contributed by atoms with Crippen LogP contribution in [-0.2, 0) is 28.6 Å². The van der Waals surface area contributed by atoms with Crippen molar-refractivity contribution in [1.82, 2.24) is 21.3 Å². The van der Waals surface area contributed by atoms with E-state index in [9.17, 15) is 19.2 Å². The first-order valence-corrected chi connectivity index (χ1v) is 14.7. The maximum Gasteiger partial charge on any atom is 0.315 e. The summed E-state index contributed by atoms with van der Waals surface area (Å²) in [6.07, 6.45) is 5.85. The van der Waals surface area contributed by atoms with Crippen LogP contribution in [-0.4, -0.2) is 99.6 Å². The molecule has 0 spiro atoms. The second-order valence-electron chi connectivity index (χ2n) is 9.43. The molecule has 0 unspecified atom stereocenters. The van der Waals surface area contributed by atoms with Crippen LogP contribution < -0.4 is 27.0 Å². The summed E-state index contributed by atoms with van der Waals surface area (Å²) in [5.74, 6) is 0.561. The van der Waals surface area contributed by atoms with E-state index in [0.29, 0.717) is 83.7 Å². The van der Waals surface area contributed by atoms with Gasteiger partial charge in [0.2, 0.25) is 17.7 Å². The Morgan fingerprint density at radius 1 is 0.789 bits per heavy atom. The molecule has 2 saturated heterocycles. The molecule has 2 aliphatic heterocycles. The molecule has 2 fully saturated rings. The molecule has 5 amide bonds. The van der Waals surface area contributed by atoms with Crippen molar-refractivity contribution in [1.29, 1.82) is 0 Å². The van der Waals surface area contributed by atoms with Gasteiger partial charge in [0.25, 0.3) is 0 Å². The third-order valence-corrected chi connectivity index (χ3v) is 7.74. The number of amides is 5. The van der Waals surface area contributed by atoms with E-state index >= 15 is 0 Å². The zero-order chi connectivity index (χ0) is 27.4. The predicted octanol–water partition coefficient (Wildman–Crippen LogP) is 0.430. The SMILES string of the molecule is NC(=O)CCCC(=O)NCCCOCCOCCOCCCNC(=O)CCCC[C@H]1SC[C@H]2NC(=O)N[C@H]21. The molecule has 0 aromatic heterocycles. The highest BCUT2D eigenvalue weighted by atomic mass is 32.2. The van der Waals surface area contributed by atoms with Crippen molar-refractivity contribution >= 4 is 35.5 Å². The van der Waals surface area contributed by atoms with Crippen molar-refractivity contribution in [3.05, 3.63) is 0 Å². The Morgan fingerprint density at radius 3 is 1.97 bits per heavy atom. The lowest BCUT2D eigenvalue weighted by atomic mass is 10.0. The molecule has 218 valence electrons. The largest absolute Gasteiger partial charge is 0.379 e. The Morgan fingerprint density at radius 2 is 1.37 bits per heavy atom. The van der Waals surface area contributed by atoms with Gasteiger partial charge in [-0.1, -0.05) is 6.42 Å². The van der Waals surface area contributed by atoms with Crippen LogP contribution >= 0.6 is 11.8 Å². The molecule has 2 aliphatic rings. The zero-order valence-electron chi connectivity index (χ0n) is 22.3.